The molecule has 1 saturated heterocycles. The van der Waals surface area contributed by atoms with E-state index in [1.54, 1.807) is 0 Å². The molecule has 0 aromatic heterocycles. The SMILES string of the molecule is CC1(C)C(NCC(F)F)C2CCCOC21. The third-order valence-electron chi connectivity index (χ3n) is 3.82. The highest BCUT2D eigenvalue weighted by Gasteiger charge is 2.57. The molecule has 1 aliphatic heterocycles. The summed E-state index contributed by atoms with van der Waals surface area (Å²) < 4.78 is 30.0. The normalized spacial score (nSPS) is 38.6. The molecule has 1 aliphatic carbocycles. The van der Waals surface area contributed by atoms with E-state index in [0.29, 0.717) is 5.92 Å². The topological polar surface area (TPSA) is 21.3 Å². The third-order valence-corrected chi connectivity index (χ3v) is 3.82. The molecule has 0 bridgehead atoms. The second-order valence-corrected chi connectivity index (χ2v) is 5.20. The average molecular weight is 219 g/mol. The lowest BCUT2D eigenvalue weighted by molar-refractivity contribution is -0.193. The van der Waals surface area contributed by atoms with Crippen molar-refractivity contribution in [2.45, 2.75) is 45.3 Å². The molecule has 2 fully saturated rings. The van der Waals surface area contributed by atoms with Gasteiger partial charge in [0.05, 0.1) is 12.6 Å². The fraction of sp³-hybridized carbons (Fsp3) is 1.00. The first kappa shape index (κ1) is 11.3. The van der Waals surface area contributed by atoms with Crippen LogP contribution in [0, 0.1) is 11.3 Å². The predicted octanol–water partition coefficient (Wildman–Crippen LogP) is 2.04. The number of rotatable bonds is 3. The molecule has 4 heteroatoms. The van der Waals surface area contributed by atoms with E-state index >= 15 is 0 Å². The molecule has 0 aromatic rings. The summed E-state index contributed by atoms with van der Waals surface area (Å²) in [6, 6.07) is 0.191. The highest BCUT2D eigenvalue weighted by molar-refractivity contribution is 5.10. The maximum absolute atomic E-state index is 12.1. The summed E-state index contributed by atoms with van der Waals surface area (Å²) in [4.78, 5) is 0. The average Bonchev–Trinajstić information content (AvgIpc) is 2.17. The van der Waals surface area contributed by atoms with Crippen molar-refractivity contribution in [1.82, 2.24) is 5.32 Å². The number of hydrogen-bond donors (Lipinski definition) is 1. The van der Waals surface area contributed by atoms with E-state index in [0.717, 1.165) is 19.4 Å². The Kier molecular flexibility index (Phi) is 2.99. The maximum atomic E-state index is 12.1. The zero-order valence-corrected chi connectivity index (χ0v) is 9.30. The first-order valence-corrected chi connectivity index (χ1v) is 5.66. The molecule has 0 radical (unpaired) electrons. The van der Waals surface area contributed by atoms with Crippen molar-refractivity contribution in [2.75, 3.05) is 13.2 Å². The summed E-state index contributed by atoms with van der Waals surface area (Å²) in [5.41, 5.74) is -0.0000231. The smallest absolute Gasteiger partial charge is 0.250 e. The summed E-state index contributed by atoms with van der Waals surface area (Å²) in [6.45, 7) is 4.83. The van der Waals surface area contributed by atoms with E-state index in [1.165, 1.54) is 0 Å². The monoisotopic (exact) mass is 219 g/mol. The molecule has 2 nitrogen and oxygen atoms in total. The summed E-state index contributed by atoms with van der Waals surface area (Å²) >= 11 is 0. The van der Waals surface area contributed by atoms with E-state index in [2.05, 4.69) is 19.2 Å². The molecule has 3 atom stereocenters. The highest BCUT2D eigenvalue weighted by Crippen LogP contribution is 2.51. The summed E-state index contributed by atoms with van der Waals surface area (Å²) in [6.07, 6.45) is 0.171. The lowest BCUT2D eigenvalue weighted by Crippen LogP contribution is -2.69. The fourth-order valence-corrected chi connectivity index (χ4v) is 3.15. The minimum Gasteiger partial charge on any atom is -0.377 e. The number of hydrogen-bond acceptors (Lipinski definition) is 2. The van der Waals surface area contributed by atoms with E-state index in [-0.39, 0.29) is 24.1 Å². The number of fused-ring (bicyclic) bond motifs is 1. The summed E-state index contributed by atoms with van der Waals surface area (Å²) in [5, 5.41) is 2.98. The quantitative estimate of drug-likeness (QED) is 0.784. The third kappa shape index (κ3) is 1.89. The van der Waals surface area contributed by atoms with Crippen molar-refractivity contribution in [3.63, 3.8) is 0 Å². The van der Waals surface area contributed by atoms with Crippen LogP contribution in [0.4, 0.5) is 8.78 Å². The second kappa shape index (κ2) is 3.98. The van der Waals surface area contributed by atoms with Crippen LogP contribution in [0.2, 0.25) is 0 Å². The van der Waals surface area contributed by atoms with Gasteiger partial charge < -0.3 is 10.1 Å². The van der Waals surface area contributed by atoms with E-state index < -0.39 is 6.43 Å². The van der Waals surface area contributed by atoms with E-state index in [4.69, 9.17) is 4.74 Å². The van der Waals surface area contributed by atoms with Gasteiger partial charge in [-0.1, -0.05) is 13.8 Å². The Hall–Kier alpha value is -0.220. The van der Waals surface area contributed by atoms with E-state index in [9.17, 15) is 8.78 Å². The minimum absolute atomic E-state index is 0.0000231. The summed E-state index contributed by atoms with van der Waals surface area (Å²) in [7, 11) is 0. The van der Waals surface area contributed by atoms with Gasteiger partial charge in [0.25, 0.3) is 6.43 Å². The molecule has 1 saturated carbocycles. The van der Waals surface area contributed by atoms with Crippen LogP contribution in [0.3, 0.4) is 0 Å². The Morgan fingerprint density at radius 2 is 2.20 bits per heavy atom. The predicted molar refractivity (Wildman–Crippen MR) is 54.0 cm³/mol. The standard InChI is InChI=1S/C11H19F2NO/c1-11(2)9(14-6-8(12)13)7-4-3-5-15-10(7)11/h7-10,14H,3-6H2,1-2H3. The first-order valence-electron chi connectivity index (χ1n) is 5.66. The van der Waals surface area contributed by atoms with Gasteiger partial charge in [0, 0.05) is 24.0 Å². The molecular formula is C11H19F2NO. The van der Waals surface area contributed by atoms with Gasteiger partial charge in [-0.15, -0.1) is 0 Å². The van der Waals surface area contributed by atoms with Crippen LogP contribution in [0.25, 0.3) is 0 Å². The number of nitrogens with one attached hydrogen (secondary N) is 1. The van der Waals surface area contributed by atoms with Gasteiger partial charge in [-0.2, -0.15) is 0 Å². The van der Waals surface area contributed by atoms with Crippen LogP contribution in [-0.4, -0.2) is 31.7 Å². The Bertz CT molecular complexity index is 233. The molecule has 2 rings (SSSR count). The zero-order valence-electron chi connectivity index (χ0n) is 9.30. The highest BCUT2D eigenvalue weighted by atomic mass is 19.3. The zero-order chi connectivity index (χ0) is 11.1. The largest absolute Gasteiger partial charge is 0.377 e. The number of alkyl halides is 2. The molecule has 1 heterocycles. The Morgan fingerprint density at radius 1 is 1.47 bits per heavy atom. The number of ether oxygens (including phenoxy) is 1. The van der Waals surface area contributed by atoms with Crippen molar-refractivity contribution in [3.8, 4) is 0 Å². The van der Waals surface area contributed by atoms with Gasteiger partial charge in [-0.05, 0) is 12.8 Å². The molecule has 0 spiro atoms. The Labute approximate surface area is 89.4 Å². The fourth-order valence-electron chi connectivity index (χ4n) is 3.15. The summed E-state index contributed by atoms with van der Waals surface area (Å²) in [5.74, 6) is 0.437. The van der Waals surface area contributed by atoms with Gasteiger partial charge >= 0.3 is 0 Å². The molecule has 0 aromatic carbocycles. The molecule has 2 aliphatic rings. The van der Waals surface area contributed by atoms with Crippen molar-refractivity contribution < 1.29 is 13.5 Å². The van der Waals surface area contributed by atoms with Crippen LogP contribution in [0.1, 0.15) is 26.7 Å². The van der Waals surface area contributed by atoms with Crippen LogP contribution in [-0.2, 0) is 4.74 Å². The van der Waals surface area contributed by atoms with Gasteiger partial charge in [-0.3, -0.25) is 0 Å². The van der Waals surface area contributed by atoms with Crippen molar-refractivity contribution in [1.29, 1.82) is 0 Å². The van der Waals surface area contributed by atoms with Gasteiger partial charge in [0.2, 0.25) is 0 Å². The molecular weight excluding hydrogens is 200 g/mol. The van der Waals surface area contributed by atoms with Gasteiger partial charge in [0.1, 0.15) is 0 Å². The molecule has 3 unspecified atom stereocenters. The molecule has 88 valence electrons. The van der Waals surface area contributed by atoms with Crippen LogP contribution in [0.5, 0.6) is 0 Å². The van der Waals surface area contributed by atoms with Crippen LogP contribution >= 0.6 is 0 Å². The Morgan fingerprint density at radius 3 is 2.87 bits per heavy atom. The van der Waals surface area contributed by atoms with Gasteiger partial charge in [0.15, 0.2) is 0 Å². The number of halogens is 2. The molecule has 1 N–H and O–H groups in total. The second-order valence-electron chi connectivity index (χ2n) is 5.20. The van der Waals surface area contributed by atoms with E-state index in [1.807, 2.05) is 0 Å². The first-order chi connectivity index (χ1) is 7.03. The van der Waals surface area contributed by atoms with Crippen molar-refractivity contribution in [2.24, 2.45) is 11.3 Å². The molecule has 15 heavy (non-hydrogen) atoms. The Balaban J connectivity index is 1.93. The lowest BCUT2D eigenvalue weighted by atomic mass is 9.55. The van der Waals surface area contributed by atoms with Crippen molar-refractivity contribution >= 4 is 0 Å². The van der Waals surface area contributed by atoms with Crippen LogP contribution in [0.15, 0.2) is 0 Å². The van der Waals surface area contributed by atoms with Gasteiger partial charge in [-0.25, -0.2) is 8.78 Å². The maximum Gasteiger partial charge on any atom is 0.250 e. The minimum atomic E-state index is -2.26. The molecule has 0 amide bonds. The van der Waals surface area contributed by atoms with Crippen LogP contribution < -0.4 is 5.32 Å². The lowest BCUT2D eigenvalue weighted by Gasteiger charge is -2.60. The van der Waals surface area contributed by atoms with Crippen molar-refractivity contribution in [3.05, 3.63) is 0 Å².